The molecule has 0 saturated heterocycles. The highest BCUT2D eigenvalue weighted by molar-refractivity contribution is 5.86. The van der Waals surface area contributed by atoms with Crippen LogP contribution in [-0.4, -0.2) is 26.1 Å². The average Bonchev–Trinajstić information content (AvgIpc) is 2.83. The summed E-state index contributed by atoms with van der Waals surface area (Å²) >= 11 is 0. The van der Waals surface area contributed by atoms with E-state index in [0.29, 0.717) is 0 Å². The minimum absolute atomic E-state index is 0.117. The van der Waals surface area contributed by atoms with Crippen LogP contribution in [0.25, 0.3) is 0 Å². The van der Waals surface area contributed by atoms with Crippen LogP contribution in [0.5, 0.6) is 0 Å². The number of allylic oxidation sites excluding steroid dienone is 4. The highest BCUT2D eigenvalue weighted by Gasteiger charge is 2.29. The molecule has 3 rings (SSSR count). The molecule has 1 aliphatic carbocycles. The molecule has 0 amide bonds. The fourth-order valence-electron chi connectivity index (χ4n) is 2.79. The van der Waals surface area contributed by atoms with Crippen LogP contribution >= 0.6 is 0 Å². The van der Waals surface area contributed by atoms with E-state index in [9.17, 15) is 4.79 Å². The molecule has 18 heavy (non-hydrogen) atoms. The van der Waals surface area contributed by atoms with Gasteiger partial charge in [0, 0.05) is 0 Å². The van der Waals surface area contributed by atoms with Crippen LogP contribution < -0.4 is 0 Å². The van der Waals surface area contributed by atoms with E-state index in [-0.39, 0.29) is 11.7 Å². The number of nitrogens with zero attached hydrogens (tertiary/aromatic N) is 3. The average molecular weight is 245 g/mol. The van der Waals surface area contributed by atoms with E-state index < -0.39 is 5.97 Å². The van der Waals surface area contributed by atoms with Gasteiger partial charge in [0.2, 0.25) is 0 Å². The van der Waals surface area contributed by atoms with E-state index in [2.05, 4.69) is 28.5 Å². The summed E-state index contributed by atoms with van der Waals surface area (Å²) in [4.78, 5) is 11.1. The Morgan fingerprint density at radius 2 is 2.33 bits per heavy atom. The van der Waals surface area contributed by atoms with Gasteiger partial charge in [-0.1, -0.05) is 23.4 Å². The number of hydrogen-bond acceptors (Lipinski definition) is 3. The molecule has 0 saturated carbocycles. The number of aromatic nitrogens is 3. The van der Waals surface area contributed by atoms with Crippen LogP contribution in [0, 0.1) is 0 Å². The first kappa shape index (κ1) is 11.2. The summed E-state index contributed by atoms with van der Waals surface area (Å²) in [6.45, 7) is 0. The molecule has 1 aromatic heterocycles. The topological polar surface area (TPSA) is 68.0 Å². The molecule has 1 aliphatic heterocycles. The lowest BCUT2D eigenvalue weighted by Gasteiger charge is -2.27. The number of fused-ring (bicyclic) bond motifs is 1. The molecular formula is C13H15N3O2. The second-order valence-electron chi connectivity index (χ2n) is 4.75. The lowest BCUT2D eigenvalue weighted by atomic mass is 9.91. The number of aromatic carboxylic acids is 1. The summed E-state index contributed by atoms with van der Waals surface area (Å²) in [5.41, 5.74) is 2.22. The summed E-state index contributed by atoms with van der Waals surface area (Å²) in [6, 6.07) is 0.194. The van der Waals surface area contributed by atoms with E-state index in [0.717, 1.165) is 37.8 Å². The minimum Gasteiger partial charge on any atom is -0.476 e. The van der Waals surface area contributed by atoms with E-state index >= 15 is 0 Å². The zero-order valence-electron chi connectivity index (χ0n) is 10.0. The molecule has 1 atom stereocenters. The molecule has 1 N–H and O–H groups in total. The van der Waals surface area contributed by atoms with Crippen molar-refractivity contribution in [1.29, 1.82) is 0 Å². The van der Waals surface area contributed by atoms with Gasteiger partial charge in [-0.2, -0.15) is 0 Å². The Morgan fingerprint density at radius 1 is 1.44 bits per heavy atom. The summed E-state index contributed by atoms with van der Waals surface area (Å²) in [6.07, 6.45) is 11.2. The van der Waals surface area contributed by atoms with Gasteiger partial charge < -0.3 is 5.11 Å². The standard InChI is InChI=1S/C13H15N3O2/c17-13(18)12-11-8-4-7-10(16(11)15-14-12)9-5-2-1-3-6-9/h1-2,5,10H,3-4,6-8H2,(H,17,18). The maximum Gasteiger partial charge on any atom is 0.358 e. The van der Waals surface area contributed by atoms with Gasteiger partial charge in [-0.05, 0) is 37.7 Å². The second-order valence-corrected chi connectivity index (χ2v) is 4.75. The second kappa shape index (κ2) is 4.40. The van der Waals surface area contributed by atoms with Gasteiger partial charge in [0.05, 0.1) is 11.7 Å². The molecule has 0 radical (unpaired) electrons. The summed E-state index contributed by atoms with van der Waals surface area (Å²) in [7, 11) is 0. The number of carboxylic acid groups (broad SMARTS) is 1. The van der Waals surface area contributed by atoms with Gasteiger partial charge in [-0.3, -0.25) is 0 Å². The Bertz CT molecular complexity index is 542. The largest absolute Gasteiger partial charge is 0.476 e. The minimum atomic E-state index is -0.977. The van der Waals surface area contributed by atoms with Gasteiger partial charge >= 0.3 is 5.97 Å². The van der Waals surface area contributed by atoms with Crippen molar-refractivity contribution in [3.8, 4) is 0 Å². The Kier molecular flexibility index (Phi) is 2.74. The lowest BCUT2D eigenvalue weighted by Crippen LogP contribution is -2.22. The predicted molar refractivity (Wildman–Crippen MR) is 65.4 cm³/mol. The van der Waals surface area contributed by atoms with Gasteiger partial charge in [0.25, 0.3) is 0 Å². The first-order valence-electron chi connectivity index (χ1n) is 6.30. The van der Waals surface area contributed by atoms with Crippen molar-refractivity contribution in [3.63, 3.8) is 0 Å². The van der Waals surface area contributed by atoms with Crippen molar-refractivity contribution >= 4 is 5.97 Å². The molecule has 94 valence electrons. The Hall–Kier alpha value is -1.91. The summed E-state index contributed by atoms with van der Waals surface area (Å²) in [5, 5.41) is 17.0. The smallest absolute Gasteiger partial charge is 0.358 e. The zero-order chi connectivity index (χ0) is 12.5. The van der Waals surface area contributed by atoms with Crippen LogP contribution in [0.3, 0.4) is 0 Å². The SMILES string of the molecule is O=C(O)c1nnn2c1CCCC2C1=CC=CCC1. The molecular weight excluding hydrogens is 230 g/mol. The highest BCUT2D eigenvalue weighted by atomic mass is 16.4. The van der Waals surface area contributed by atoms with E-state index in [1.54, 1.807) is 0 Å². The summed E-state index contributed by atoms with van der Waals surface area (Å²) < 4.78 is 1.82. The van der Waals surface area contributed by atoms with Crippen molar-refractivity contribution in [1.82, 2.24) is 15.0 Å². The van der Waals surface area contributed by atoms with Crippen molar-refractivity contribution in [2.45, 2.75) is 38.1 Å². The molecule has 2 heterocycles. The number of carbonyl (C=O) groups is 1. The molecule has 1 unspecified atom stereocenters. The lowest BCUT2D eigenvalue weighted by molar-refractivity contribution is 0.0688. The Labute approximate surface area is 105 Å². The van der Waals surface area contributed by atoms with Gasteiger partial charge in [0.15, 0.2) is 5.69 Å². The molecule has 0 fully saturated rings. The third-order valence-corrected chi connectivity index (χ3v) is 3.65. The van der Waals surface area contributed by atoms with Crippen LogP contribution in [-0.2, 0) is 6.42 Å². The van der Waals surface area contributed by atoms with Crippen molar-refractivity contribution in [2.24, 2.45) is 0 Å². The number of carboxylic acids is 1. The molecule has 0 bridgehead atoms. The molecule has 1 aromatic rings. The summed E-state index contributed by atoms with van der Waals surface area (Å²) in [5.74, 6) is -0.977. The fraction of sp³-hybridized carbons (Fsp3) is 0.462. The van der Waals surface area contributed by atoms with Crippen LogP contribution in [0.2, 0.25) is 0 Å². The number of hydrogen-bond donors (Lipinski definition) is 1. The normalized spacial score (nSPS) is 22.4. The van der Waals surface area contributed by atoms with Crippen molar-refractivity contribution < 1.29 is 9.90 Å². The van der Waals surface area contributed by atoms with Gasteiger partial charge in [-0.25, -0.2) is 9.48 Å². The third-order valence-electron chi connectivity index (χ3n) is 3.65. The molecule has 5 nitrogen and oxygen atoms in total. The van der Waals surface area contributed by atoms with Crippen LogP contribution in [0.15, 0.2) is 23.8 Å². The molecule has 5 heteroatoms. The molecule has 0 aromatic carbocycles. The van der Waals surface area contributed by atoms with Crippen LogP contribution in [0.1, 0.15) is 47.9 Å². The maximum absolute atomic E-state index is 11.1. The quantitative estimate of drug-likeness (QED) is 0.866. The predicted octanol–water partition coefficient (Wildman–Crippen LogP) is 2.13. The van der Waals surface area contributed by atoms with Crippen LogP contribution in [0.4, 0.5) is 0 Å². The first-order valence-corrected chi connectivity index (χ1v) is 6.30. The molecule has 2 aliphatic rings. The van der Waals surface area contributed by atoms with Crippen molar-refractivity contribution in [3.05, 3.63) is 35.2 Å². The highest BCUT2D eigenvalue weighted by Crippen LogP contribution is 2.34. The van der Waals surface area contributed by atoms with E-state index in [4.69, 9.17) is 5.11 Å². The third kappa shape index (κ3) is 1.75. The van der Waals surface area contributed by atoms with E-state index in [1.807, 2.05) is 4.68 Å². The fourth-order valence-corrected chi connectivity index (χ4v) is 2.79. The Balaban J connectivity index is 2.00. The number of rotatable bonds is 2. The first-order chi connectivity index (χ1) is 8.77. The zero-order valence-corrected chi connectivity index (χ0v) is 10.0. The van der Waals surface area contributed by atoms with E-state index in [1.165, 1.54) is 5.57 Å². The molecule has 0 spiro atoms. The monoisotopic (exact) mass is 245 g/mol. The van der Waals surface area contributed by atoms with Gasteiger partial charge in [-0.15, -0.1) is 5.10 Å². The van der Waals surface area contributed by atoms with Crippen molar-refractivity contribution in [2.75, 3.05) is 0 Å². The maximum atomic E-state index is 11.1. The Morgan fingerprint density at radius 3 is 3.06 bits per heavy atom. The van der Waals surface area contributed by atoms with Gasteiger partial charge in [0.1, 0.15) is 0 Å².